The van der Waals surface area contributed by atoms with Crippen molar-refractivity contribution in [1.82, 2.24) is 10.3 Å². The van der Waals surface area contributed by atoms with E-state index < -0.39 is 0 Å². The molecule has 3 aliphatic heterocycles. The number of nitrogens with one attached hydrogen (secondary N) is 1. The van der Waals surface area contributed by atoms with Crippen molar-refractivity contribution < 1.29 is 18.7 Å². The smallest absolute Gasteiger partial charge is 0.254 e. The van der Waals surface area contributed by atoms with E-state index in [2.05, 4.69) is 29.5 Å². The Kier molecular flexibility index (Phi) is 4.81. The highest BCUT2D eigenvalue weighted by Gasteiger charge is 2.49. The molecule has 0 fully saturated rings. The first-order chi connectivity index (χ1) is 13.0. The third-order valence-corrected chi connectivity index (χ3v) is 6.55. The highest BCUT2D eigenvalue weighted by Crippen LogP contribution is 2.51. The van der Waals surface area contributed by atoms with Gasteiger partial charge in [-0.25, -0.2) is 5.01 Å². The second-order valence-electron chi connectivity index (χ2n) is 7.16. The van der Waals surface area contributed by atoms with Gasteiger partial charge in [0.25, 0.3) is 5.91 Å². The van der Waals surface area contributed by atoms with Gasteiger partial charge in [-0.2, -0.15) is 5.11 Å². The zero-order chi connectivity index (χ0) is 19.0. The predicted octanol–water partition coefficient (Wildman–Crippen LogP) is 2.64. The molecule has 4 rings (SSSR count). The van der Waals surface area contributed by atoms with E-state index in [1.54, 1.807) is 30.2 Å². The lowest BCUT2D eigenvalue weighted by molar-refractivity contribution is -0.141. The van der Waals surface area contributed by atoms with E-state index in [-0.39, 0.29) is 41.8 Å². The van der Waals surface area contributed by atoms with Crippen molar-refractivity contribution >= 4 is 23.6 Å². The molecule has 144 valence electrons. The lowest BCUT2D eigenvalue weighted by atomic mass is 9.84. The van der Waals surface area contributed by atoms with E-state index in [0.717, 1.165) is 16.9 Å². The maximum absolute atomic E-state index is 13.0. The number of rotatable bonds is 5. The standard InChI is InChI=1S/C18H22N4O4S/c1-3-18(2)7-12-13(10-26-18)27-16-15(12)17(24)22(21-20-16)9-14(23)19-8-11-5-4-6-25-11/h4-6,15-16H,3,7-10H2,1-2H3,(H,19,23). The zero-order valence-corrected chi connectivity index (χ0v) is 16.1. The molecular weight excluding hydrogens is 368 g/mol. The van der Waals surface area contributed by atoms with Crippen LogP contribution in [-0.2, 0) is 20.9 Å². The van der Waals surface area contributed by atoms with Gasteiger partial charge in [0.15, 0.2) is 0 Å². The van der Waals surface area contributed by atoms with Gasteiger partial charge in [0.1, 0.15) is 17.7 Å². The summed E-state index contributed by atoms with van der Waals surface area (Å²) in [5, 5.41) is 11.9. The number of ether oxygens (including phenoxy) is 1. The quantitative estimate of drug-likeness (QED) is 0.834. The topological polar surface area (TPSA) is 96.5 Å². The highest BCUT2D eigenvalue weighted by molar-refractivity contribution is 8.04. The number of thioether (sulfide) groups is 1. The van der Waals surface area contributed by atoms with Crippen molar-refractivity contribution in [3.63, 3.8) is 0 Å². The number of amides is 2. The van der Waals surface area contributed by atoms with Gasteiger partial charge in [-0.1, -0.05) is 23.9 Å². The summed E-state index contributed by atoms with van der Waals surface area (Å²) in [5.74, 6) is -0.170. The summed E-state index contributed by atoms with van der Waals surface area (Å²) in [6.07, 6.45) is 3.14. The molecule has 0 saturated heterocycles. The molecule has 2 amide bonds. The summed E-state index contributed by atoms with van der Waals surface area (Å²) in [5.41, 5.74) is 0.847. The van der Waals surface area contributed by atoms with Crippen molar-refractivity contribution in [3.8, 4) is 0 Å². The molecule has 1 aromatic rings. The maximum Gasteiger partial charge on any atom is 0.254 e. The molecule has 9 heteroatoms. The molecule has 0 radical (unpaired) electrons. The van der Waals surface area contributed by atoms with Crippen molar-refractivity contribution in [2.75, 3.05) is 13.2 Å². The second-order valence-corrected chi connectivity index (χ2v) is 8.37. The van der Waals surface area contributed by atoms with Gasteiger partial charge >= 0.3 is 0 Å². The number of hydrogen-bond donors (Lipinski definition) is 1. The van der Waals surface area contributed by atoms with E-state index >= 15 is 0 Å². The van der Waals surface area contributed by atoms with Gasteiger partial charge in [-0.05, 0) is 37.5 Å². The first kappa shape index (κ1) is 18.2. The first-order valence-corrected chi connectivity index (χ1v) is 9.91. The minimum absolute atomic E-state index is 0.152. The van der Waals surface area contributed by atoms with Gasteiger partial charge in [-0.3, -0.25) is 9.59 Å². The molecule has 3 aliphatic rings. The van der Waals surface area contributed by atoms with Gasteiger partial charge in [0, 0.05) is 4.91 Å². The Labute approximate surface area is 161 Å². The molecule has 0 aliphatic carbocycles. The van der Waals surface area contributed by atoms with E-state index in [1.807, 2.05) is 0 Å². The van der Waals surface area contributed by atoms with Crippen LogP contribution in [0, 0.1) is 5.92 Å². The lowest BCUT2D eigenvalue weighted by Crippen LogP contribution is -2.45. The third-order valence-electron chi connectivity index (χ3n) is 5.27. The molecule has 3 unspecified atom stereocenters. The number of carbonyl (C=O) groups excluding carboxylic acids is 2. The van der Waals surface area contributed by atoms with Crippen molar-refractivity contribution in [3.05, 3.63) is 34.6 Å². The van der Waals surface area contributed by atoms with Crippen LogP contribution in [0.5, 0.6) is 0 Å². The van der Waals surface area contributed by atoms with Crippen LogP contribution in [0.3, 0.4) is 0 Å². The average Bonchev–Trinajstić information content (AvgIpc) is 3.30. The summed E-state index contributed by atoms with van der Waals surface area (Å²) >= 11 is 1.56. The lowest BCUT2D eigenvalue weighted by Gasteiger charge is -2.35. The van der Waals surface area contributed by atoms with E-state index in [4.69, 9.17) is 9.15 Å². The number of nitrogens with zero attached hydrogens (tertiary/aromatic N) is 3. The Morgan fingerprint density at radius 2 is 2.37 bits per heavy atom. The van der Waals surface area contributed by atoms with E-state index in [0.29, 0.717) is 18.8 Å². The normalized spacial score (nSPS) is 29.7. The Hall–Kier alpha value is -2.13. The molecule has 4 heterocycles. The fourth-order valence-electron chi connectivity index (χ4n) is 3.47. The number of hydrogen-bond acceptors (Lipinski definition) is 7. The largest absolute Gasteiger partial charge is 0.467 e. The number of furan rings is 1. The average molecular weight is 390 g/mol. The summed E-state index contributed by atoms with van der Waals surface area (Å²) in [4.78, 5) is 26.3. The van der Waals surface area contributed by atoms with E-state index in [9.17, 15) is 9.59 Å². The Morgan fingerprint density at radius 3 is 3.11 bits per heavy atom. The molecule has 3 atom stereocenters. The summed E-state index contributed by atoms with van der Waals surface area (Å²) in [6.45, 7) is 4.80. The zero-order valence-electron chi connectivity index (χ0n) is 15.3. The second kappa shape index (κ2) is 7.12. The predicted molar refractivity (Wildman–Crippen MR) is 98.3 cm³/mol. The Balaban J connectivity index is 1.42. The molecular formula is C18H22N4O4S. The van der Waals surface area contributed by atoms with Crippen LogP contribution in [-0.4, -0.2) is 40.9 Å². The summed E-state index contributed by atoms with van der Waals surface area (Å²) < 4.78 is 11.2. The van der Waals surface area contributed by atoms with Crippen LogP contribution in [0.1, 0.15) is 32.4 Å². The van der Waals surface area contributed by atoms with Crippen LogP contribution < -0.4 is 5.32 Å². The minimum atomic E-state index is -0.352. The van der Waals surface area contributed by atoms with Gasteiger partial charge in [0.2, 0.25) is 5.91 Å². The highest BCUT2D eigenvalue weighted by atomic mass is 32.2. The Bertz CT molecular complexity index is 806. The van der Waals surface area contributed by atoms with Crippen LogP contribution in [0.4, 0.5) is 0 Å². The van der Waals surface area contributed by atoms with Crippen LogP contribution in [0.15, 0.2) is 43.6 Å². The number of carbonyl (C=O) groups is 2. The molecule has 0 bridgehead atoms. The number of fused-ring (bicyclic) bond motifs is 2. The fourth-order valence-corrected chi connectivity index (χ4v) is 4.75. The molecule has 8 nitrogen and oxygen atoms in total. The molecule has 1 aromatic heterocycles. The SMILES string of the molecule is CCC1(C)CC2=C(CO1)SC1N=NN(CC(=O)NCc3ccco3)C(=O)C21. The minimum Gasteiger partial charge on any atom is -0.467 e. The molecule has 0 saturated carbocycles. The Morgan fingerprint density at radius 1 is 1.52 bits per heavy atom. The van der Waals surface area contributed by atoms with E-state index in [1.165, 1.54) is 5.01 Å². The summed E-state index contributed by atoms with van der Waals surface area (Å²) in [7, 11) is 0. The van der Waals surface area contributed by atoms with Crippen molar-refractivity contribution in [2.45, 2.75) is 44.2 Å². The monoisotopic (exact) mass is 390 g/mol. The van der Waals surface area contributed by atoms with Gasteiger partial charge in [0.05, 0.1) is 30.9 Å². The third kappa shape index (κ3) is 3.53. The molecule has 0 spiro atoms. The molecule has 27 heavy (non-hydrogen) atoms. The summed E-state index contributed by atoms with van der Waals surface area (Å²) in [6, 6.07) is 3.53. The molecule has 0 aromatic carbocycles. The van der Waals surface area contributed by atoms with Gasteiger partial charge < -0.3 is 14.5 Å². The van der Waals surface area contributed by atoms with Crippen LogP contribution in [0.2, 0.25) is 0 Å². The maximum atomic E-state index is 13.0. The van der Waals surface area contributed by atoms with Crippen LogP contribution >= 0.6 is 11.8 Å². The van der Waals surface area contributed by atoms with Gasteiger partial charge in [-0.15, -0.1) is 0 Å². The van der Waals surface area contributed by atoms with Crippen molar-refractivity contribution in [2.24, 2.45) is 16.3 Å². The van der Waals surface area contributed by atoms with Crippen molar-refractivity contribution in [1.29, 1.82) is 0 Å². The van der Waals surface area contributed by atoms with Crippen LogP contribution in [0.25, 0.3) is 0 Å². The molecule has 1 N–H and O–H groups in total. The fraction of sp³-hybridized carbons (Fsp3) is 0.556. The first-order valence-electron chi connectivity index (χ1n) is 9.03.